The van der Waals surface area contributed by atoms with Crippen LogP contribution in [0, 0.1) is 0 Å². The molecule has 0 spiro atoms. The average molecular weight is 436 g/mol. The summed E-state index contributed by atoms with van der Waals surface area (Å²) in [5, 5.41) is 3.36. The third kappa shape index (κ3) is 6.62. The molecule has 168 valence electrons. The van der Waals surface area contributed by atoms with E-state index in [4.69, 9.17) is 9.47 Å². The first-order valence-electron chi connectivity index (χ1n) is 10.3. The normalized spacial score (nSPS) is 14.3. The summed E-state index contributed by atoms with van der Waals surface area (Å²) >= 11 is 0. The van der Waals surface area contributed by atoms with Crippen LogP contribution >= 0.6 is 0 Å². The van der Waals surface area contributed by atoms with Crippen LogP contribution in [0.4, 0.5) is 18.9 Å². The fourth-order valence-electron chi connectivity index (χ4n) is 3.65. The van der Waals surface area contributed by atoms with E-state index in [1.807, 2.05) is 12.1 Å². The van der Waals surface area contributed by atoms with E-state index >= 15 is 0 Å². The lowest BCUT2D eigenvalue weighted by atomic mass is 10.0. The molecule has 0 bridgehead atoms. The van der Waals surface area contributed by atoms with Gasteiger partial charge < -0.3 is 19.7 Å². The molecule has 1 amide bonds. The van der Waals surface area contributed by atoms with Gasteiger partial charge in [0.1, 0.15) is 6.61 Å². The molecule has 0 unspecified atom stereocenters. The highest BCUT2D eigenvalue weighted by molar-refractivity contribution is 5.93. The van der Waals surface area contributed by atoms with E-state index in [1.165, 1.54) is 17.2 Å². The van der Waals surface area contributed by atoms with Gasteiger partial charge in [-0.1, -0.05) is 24.3 Å². The van der Waals surface area contributed by atoms with Crippen molar-refractivity contribution < 1.29 is 27.4 Å². The van der Waals surface area contributed by atoms with Crippen molar-refractivity contribution in [2.75, 3.05) is 31.2 Å². The molecular weight excluding hydrogens is 409 g/mol. The lowest BCUT2D eigenvalue weighted by molar-refractivity contribution is -0.153. The maximum atomic E-state index is 12.4. The van der Waals surface area contributed by atoms with Gasteiger partial charge in [0.05, 0.1) is 0 Å². The highest BCUT2D eigenvalue weighted by Gasteiger charge is 2.29. The highest BCUT2D eigenvalue weighted by Crippen LogP contribution is 2.30. The number of fused-ring (bicyclic) bond motifs is 1. The van der Waals surface area contributed by atoms with Crippen molar-refractivity contribution in [2.45, 2.75) is 38.9 Å². The Hall–Kier alpha value is -2.74. The quantitative estimate of drug-likeness (QED) is 0.601. The lowest BCUT2D eigenvalue weighted by Gasteiger charge is -2.17. The van der Waals surface area contributed by atoms with Gasteiger partial charge in [0, 0.05) is 31.7 Å². The van der Waals surface area contributed by atoms with Gasteiger partial charge >= 0.3 is 6.18 Å². The second kappa shape index (κ2) is 10.0. The number of carbonyl (C=O) groups excluding carboxylic acids is 1. The predicted molar refractivity (Wildman–Crippen MR) is 113 cm³/mol. The summed E-state index contributed by atoms with van der Waals surface area (Å²) in [6.07, 6.45) is -2.71. The van der Waals surface area contributed by atoms with Gasteiger partial charge in [0.15, 0.2) is 18.1 Å². The number of benzene rings is 2. The minimum Gasteiger partial charge on any atom is -0.488 e. The molecule has 1 aliphatic heterocycles. The second-order valence-electron chi connectivity index (χ2n) is 7.64. The first kappa shape index (κ1) is 22.9. The molecular formula is C23H27F3N2O3. The largest absolute Gasteiger partial charge is 0.488 e. The van der Waals surface area contributed by atoms with Gasteiger partial charge in [0.2, 0.25) is 5.91 Å². The summed E-state index contributed by atoms with van der Waals surface area (Å²) in [5.74, 6) is 0.424. The lowest BCUT2D eigenvalue weighted by Crippen LogP contribution is -2.32. The molecule has 0 aromatic heterocycles. The predicted octanol–water partition coefficient (Wildman–Crippen LogP) is 4.14. The Morgan fingerprint density at radius 1 is 1.16 bits per heavy atom. The van der Waals surface area contributed by atoms with E-state index in [9.17, 15) is 18.0 Å². The molecule has 1 heterocycles. The first-order chi connectivity index (χ1) is 14.7. The monoisotopic (exact) mass is 436 g/mol. The van der Waals surface area contributed by atoms with Crippen LogP contribution in [0.25, 0.3) is 0 Å². The molecule has 0 saturated heterocycles. The van der Waals surface area contributed by atoms with Crippen molar-refractivity contribution in [3.05, 3.63) is 53.6 Å². The summed E-state index contributed by atoms with van der Waals surface area (Å²) in [7, 11) is 0. The van der Waals surface area contributed by atoms with Gasteiger partial charge in [-0.3, -0.25) is 4.79 Å². The molecule has 1 N–H and O–H groups in total. The first-order valence-corrected chi connectivity index (χ1v) is 10.3. The Labute approximate surface area is 180 Å². The van der Waals surface area contributed by atoms with Crippen LogP contribution in [0.1, 0.15) is 25.0 Å². The fourth-order valence-corrected chi connectivity index (χ4v) is 3.65. The van der Waals surface area contributed by atoms with Crippen molar-refractivity contribution in [2.24, 2.45) is 0 Å². The third-order valence-corrected chi connectivity index (χ3v) is 5.05. The van der Waals surface area contributed by atoms with Crippen LogP contribution in [0.5, 0.6) is 11.5 Å². The van der Waals surface area contributed by atoms with Crippen LogP contribution < -0.4 is 19.7 Å². The van der Waals surface area contributed by atoms with Crippen LogP contribution in [-0.4, -0.2) is 44.4 Å². The Balaban J connectivity index is 1.44. The molecule has 1 atom stereocenters. The summed E-state index contributed by atoms with van der Waals surface area (Å²) in [5.41, 5.74) is 3.38. The number of rotatable bonds is 9. The van der Waals surface area contributed by atoms with Crippen LogP contribution in [0.15, 0.2) is 42.5 Å². The smallest absolute Gasteiger partial charge is 0.422 e. The number of anilines is 1. The van der Waals surface area contributed by atoms with Crippen LogP contribution in [0.3, 0.4) is 0 Å². The van der Waals surface area contributed by atoms with Crippen molar-refractivity contribution in [3.63, 3.8) is 0 Å². The molecule has 31 heavy (non-hydrogen) atoms. The molecule has 5 nitrogen and oxygen atoms in total. The number of nitrogens with zero attached hydrogens (tertiary/aromatic N) is 1. The molecule has 2 aromatic rings. The van der Waals surface area contributed by atoms with Gasteiger partial charge in [-0.25, -0.2) is 0 Å². The zero-order chi connectivity index (χ0) is 22.4. The van der Waals surface area contributed by atoms with E-state index in [0.717, 1.165) is 25.1 Å². The van der Waals surface area contributed by atoms with Crippen molar-refractivity contribution in [1.82, 2.24) is 5.32 Å². The van der Waals surface area contributed by atoms with Crippen molar-refractivity contribution in [3.8, 4) is 11.5 Å². The minimum atomic E-state index is -4.40. The maximum absolute atomic E-state index is 12.4. The van der Waals surface area contributed by atoms with E-state index in [-0.39, 0.29) is 23.4 Å². The summed E-state index contributed by atoms with van der Waals surface area (Å²) in [6.45, 7) is 3.86. The Morgan fingerprint density at radius 3 is 2.55 bits per heavy atom. The summed E-state index contributed by atoms with van der Waals surface area (Å²) in [6, 6.07) is 12.7. The number of carbonyl (C=O) groups is 1. The second-order valence-corrected chi connectivity index (χ2v) is 7.64. The van der Waals surface area contributed by atoms with Gasteiger partial charge in [-0.15, -0.1) is 0 Å². The van der Waals surface area contributed by atoms with E-state index < -0.39 is 12.8 Å². The zero-order valence-electron chi connectivity index (χ0n) is 17.7. The average Bonchev–Trinajstić information content (AvgIpc) is 3.13. The topological polar surface area (TPSA) is 50.8 Å². The van der Waals surface area contributed by atoms with E-state index in [2.05, 4.69) is 18.3 Å². The van der Waals surface area contributed by atoms with Crippen LogP contribution in [-0.2, 0) is 17.6 Å². The molecule has 2 aromatic carbocycles. The maximum Gasteiger partial charge on any atom is 0.422 e. The zero-order valence-corrected chi connectivity index (χ0v) is 17.7. The van der Waals surface area contributed by atoms with Gasteiger partial charge in [-0.05, 0) is 49.1 Å². The summed E-state index contributed by atoms with van der Waals surface area (Å²) < 4.78 is 47.6. The highest BCUT2D eigenvalue weighted by atomic mass is 19.4. The van der Waals surface area contributed by atoms with E-state index in [1.54, 1.807) is 30.0 Å². The molecule has 0 saturated carbocycles. The number of ether oxygens (including phenoxy) is 2. The number of amides is 1. The van der Waals surface area contributed by atoms with Crippen LogP contribution in [0.2, 0.25) is 0 Å². The number of alkyl halides is 3. The summed E-state index contributed by atoms with van der Waals surface area (Å²) in [4.78, 5) is 13.5. The number of hydrogen-bond acceptors (Lipinski definition) is 4. The molecule has 0 fully saturated rings. The molecule has 3 rings (SSSR count). The minimum absolute atomic E-state index is 0.0620. The van der Waals surface area contributed by atoms with Crippen molar-refractivity contribution in [1.29, 1.82) is 0 Å². The third-order valence-electron chi connectivity index (χ3n) is 5.05. The molecule has 8 heteroatoms. The van der Waals surface area contributed by atoms with Gasteiger partial charge in [0.25, 0.3) is 0 Å². The fraction of sp³-hybridized carbons (Fsp3) is 0.435. The van der Waals surface area contributed by atoms with E-state index in [0.29, 0.717) is 13.2 Å². The molecule has 1 aliphatic rings. The van der Waals surface area contributed by atoms with Gasteiger partial charge in [-0.2, -0.15) is 13.2 Å². The number of halogens is 3. The molecule has 0 aliphatic carbocycles. The molecule has 0 radical (unpaired) electrons. The Kier molecular flexibility index (Phi) is 7.43. The Bertz CT molecular complexity index is 902. The SMILES string of the molecule is CC(=O)N1CCc2cc(C[C@@H](C)NCCOc3ccccc3OCC(F)(F)F)ccc21. The number of hydrogen-bond donors (Lipinski definition) is 1. The number of para-hydroxylation sites is 2. The van der Waals surface area contributed by atoms with Crippen molar-refractivity contribution >= 4 is 11.6 Å². The number of nitrogens with one attached hydrogen (secondary N) is 1. The Morgan fingerprint density at radius 2 is 1.87 bits per heavy atom. The standard InChI is InChI=1S/C23H27F3N2O3/c1-16(13-18-7-8-20-19(14-18)9-11-28(20)17(2)29)27-10-12-30-21-5-3-4-6-22(21)31-15-23(24,25)26/h3-8,14,16,27H,9-13,15H2,1-2H3/t16-/m1/s1.